The van der Waals surface area contributed by atoms with Crippen LogP contribution in [0.1, 0.15) is 83.8 Å². The highest BCUT2D eigenvalue weighted by Crippen LogP contribution is 2.33. The topological polar surface area (TPSA) is 72.1 Å². The summed E-state index contributed by atoms with van der Waals surface area (Å²) < 4.78 is 5.40. The van der Waals surface area contributed by atoms with Gasteiger partial charge < -0.3 is 9.42 Å². The Morgan fingerprint density at radius 3 is 2.50 bits per heavy atom. The number of carbonyl (C=O) groups is 1. The van der Waals surface area contributed by atoms with E-state index in [0.717, 1.165) is 42.2 Å². The van der Waals surface area contributed by atoms with Crippen LogP contribution in [0.3, 0.4) is 0 Å². The van der Waals surface area contributed by atoms with Crippen molar-refractivity contribution in [2.45, 2.75) is 64.2 Å². The van der Waals surface area contributed by atoms with E-state index in [9.17, 15) is 4.79 Å². The molecule has 3 heterocycles. The molecule has 2 aromatic rings. The van der Waals surface area contributed by atoms with E-state index in [0.29, 0.717) is 24.8 Å². The Bertz CT molecular complexity index is 775. The van der Waals surface area contributed by atoms with Gasteiger partial charge in [0.25, 0.3) is 5.91 Å². The average Bonchev–Trinajstić information content (AvgIpc) is 3.31. The fourth-order valence-corrected chi connectivity index (χ4v) is 4.23. The molecule has 6 nitrogen and oxygen atoms in total. The summed E-state index contributed by atoms with van der Waals surface area (Å²) in [4.78, 5) is 23.8. The van der Waals surface area contributed by atoms with Crippen molar-refractivity contribution in [3.8, 4) is 0 Å². The van der Waals surface area contributed by atoms with Gasteiger partial charge in [-0.2, -0.15) is 0 Å². The molecule has 0 spiro atoms. The van der Waals surface area contributed by atoms with Gasteiger partial charge in [0.2, 0.25) is 5.76 Å². The molecule has 0 N–H and O–H groups in total. The van der Waals surface area contributed by atoms with Gasteiger partial charge in [-0.15, -0.1) is 0 Å². The van der Waals surface area contributed by atoms with Gasteiger partial charge in [-0.25, -0.2) is 9.97 Å². The van der Waals surface area contributed by atoms with E-state index in [-0.39, 0.29) is 11.8 Å². The zero-order valence-electron chi connectivity index (χ0n) is 15.6. The molecule has 1 saturated heterocycles. The summed E-state index contributed by atoms with van der Waals surface area (Å²) in [5.41, 5.74) is 2.90. The third kappa shape index (κ3) is 3.50. The van der Waals surface area contributed by atoms with Gasteiger partial charge in [0.05, 0.1) is 5.69 Å². The molecule has 2 aromatic heterocycles. The standard InChI is InChI=1S/C20H26N4O2/c1-13-10-14(2)22-19(21-13)16-8-9-24(12-16)20(25)18-11-17(23-26-18)15-6-4-3-5-7-15/h10-11,15-16H,3-9,12H2,1-2H3/t16-/m1/s1. The zero-order chi connectivity index (χ0) is 18.1. The second-order valence-corrected chi connectivity index (χ2v) is 7.70. The number of aryl methyl sites for hydroxylation is 2. The van der Waals surface area contributed by atoms with E-state index in [1.165, 1.54) is 19.3 Å². The van der Waals surface area contributed by atoms with Crippen molar-refractivity contribution in [3.63, 3.8) is 0 Å². The van der Waals surface area contributed by atoms with Gasteiger partial charge in [0.15, 0.2) is 0 Å². The molecule has 0 aromatic carbocycles. The minimum Gasteiger partial charge on any atom is -0.351 e. The molecule has 2 fully saturated rings. The normalized spacial score (nSPS) is 21.3. The summed E-state index contributed by atoms with van der Waals surface area (Å²) in [5.74, 6) is 1.79. The number of aromatic nitrogens is 3. The molecule has 1 aliphatic carbocycles. The summed E-state index contributed by atoms with van der Waals surface area (Å²) >= 11 is 0. The van der Waals surface area contributed by atoms with E-state index < -0.39 is 0 Å². The second-order valence-electron chi connectivity index (χ2n) is 7.70. The van der Waals surface area contributed by atoms with Crippen LogP contribution in [0.25, 0.3) is 0 Å². The van der Waals surface area contributed by atoms with Crippen LogP contribution in [0.2, 0.25) is 0 Å². The van der Waals surface area contributed by atoms with Crippen LogP contribution in [-0.2, 0) is 0 Å². The Morgan fingerprint density at radius 2 is 1.77 bits per heavy atom. The number of nitrogens with zero attached hydrogens (tertiary/aromatic N) is 4. The van der Waals surface area contributed by atoms with E-state index in [1.807, 2.05) is 30.9 Å². The molecule has 26 heavy (non-hydrogen) atoms. The number of amides is 1. The molecule has 0 radical (unpaired) electrons. The van der Waals surface area contributed by atoms with Crippen LogP contribution in [0.5, 0.6) is 0 Å². The van der Waals surface area contributed by atoms with Crippen molar-refractivity contribution in [1.82, 2.24) is 20.0 Å². The lowest BCUT2D eigenvalue weighted by molar-refractivity contribution is 0.0749. The molecule has 1 aliphatic heterocycles. The third-order valence-corrected chi connectivity index (χ3v) is 5.60. The summed E-state index contributed by atoms with van der Waals surface area (Å²) in [6.45, 7) is 5.31. The van der Waals surface area contributed by atoms with Crippen molar-refractivity contribution >= 4 is 5.91 Å². The summed E-state index contributed by atoms with van der Waals surface area (Å²) in [7, 11) is 0. The average molecular weight is 354 g/mol. The van der Waals surface area contributed by atoms with Crippen molar-refractivity contribution in [3.05, 3.63) is 40.8 Å². The third-order valence-electron chi connectivity index (χ3n) is 5.60. The van der Waals surface area contributed by atoms with E-state index in [2.05, 4.69) is 15.1 Å². The Morgan fingerprint density at radius 1 is 1.04 bits per heavy atom. The highest BCUT2D eigenvalue weighted by Gasteiger charge is 2.32. The molecule has 0 unspecified atom stereocenters. The molecule has 6 heteroatoms. The molecule has 138 valence electrons. The van der Waals surface area contributed by atoms with Gasteiger partial charge in [-0.1, -0.05) is 24.4 Å². The van der Waals surface area contributed by atoms with Crippen LogP contribution in [0, 0.1) is 13.8 Å². The van der Waals surface area contributed by atoms with Crippen LogP contribution in [0.4, 0.5) is 0 Å². The van der Waals surface area contributed by atoms with E-state index >= 15 is 0 Å². The Balaban J connectivity index is 1.43. The maximum atomic E-state index is 12.8. The molecular formula is C20H26N4O2. The van der Waals surface area contributed by atoms with Crippen LogP contribution >= 0.6 is 0 Å². The van der Waals surface area contributed by atoms with Crippen LogP contribution in [0.15, 0.2) is 16.7 Å². The largest absolute Gasteiger partial charge is 0.351 e. The zero-order valence-corrected chi connectivity index (χ0v) is 15.6. The lowest BCUT2D eigenvalue weighted by atomic mass is 9.87. The van der Waals surface area contributed by atoms with E-state index in [4.69, 9.17) is 4.52 Å². The number of carbonyl (C=O) groups excluding carboxylic acids is 1. The molecule has 0 bridgehead atoms. The minimum atomic E-state index is -0.0635. The smallest absolute Gasteiger partial charge is 0.292 e. The monoisotopic (exact) mass is 354 g/mol. The second kappa shape index (κ2) is 7.17. The summed E-state index contributed by atoms with van der Waals surface area (Å²) in [6, 6.07) is 3.83. The first-order chi connectivity index (χ1) is 12.6. The predicted octanol–water partition coefficient (Wildman–Crippen LogP) is 3.76. The number of likely N-dealkylation sites (tertiary alicyclic amines) is 1. The Hall–Kier alpha value is -2.24. The summed E-state index contributed by atoms with van der Waals surface area (Å²) in [6.07, 6.45) is 6.97. The SMILES string of the molecule is Cc1cc(C)nc([C@@H]2CCN(C(=O)c3cc(C4CCCCC4)no3)C2)n1. The van der Waals surface area contributed by atoms with Gasteiger partial charge in [0, 0.05) is 42.4 Å². The molecular weight excluding hydrogens is 328 g/mol. The van der Waals surface area contributed by atoms with Gasteiger partial charge in [-0.05, 0) is 39.2 Å². The lowest BCUT2D eigenvalue weighted by Gasteiger charge is -2.18. The van der Waals surface area contributed by atoms with Crippen LogP contribution < -0.4 is 0 Å². The number of hydrogen-bond donors (Lipinski definition) is 0. The number of rotatable bonds is 3. The van der Waals surface area contributed by atoms with Gasteiger partial charge >= 0.3 is 0 Å². The molecule has 2 aliphatic rings. The fraction of sp³-hybridized carbons (Fsp3) is 0.600. The first-order valence-corrected chi connectivity index (χ1v) is 9.68. The van der Waals surface area contributed by atoms with E-state index in [1.54, 1.807) is 0 Å². The molecule has 4 rings (SSSR count). The predicted molar refractivity (Wildman–Crippen MR) is 97.1 cm³/mol. The first kappa shape index (κ1) is 17.2. The van der Waals surface area contributed by atoms with Crippen molar-refractivity contribution < 1.29 is 9.32 Å². The quantitative estimate of drug-likeness (QED) is 0.839. The molecule has 1 atom stereocenters. The Labute approximate surface area is 154 Å². The molecule has 1 saturated carbocycles. The van der Waals surface area contributed by atoms with Crippen molar-refractivity contribution in [1.29, 1.82) is 0 Å². The Kier molecular flexibility index (Phi) is 4.74. The van der Waals surface area contributed by atoms with Crippen molar-refractivity contribution in [2.75, 3.05) is 13.1 Å². The maximum absolute atomic E-state index is 12.8. The van der Waals surface area contributed by atoms with Gasteiger partial charge in [-0.3, -0.25) is 4.79 Å². The molecule has 1 amide bonds. The van der Waals surface area contributed by atoms with Gasteiger partial charge in [0.1, 0.15) is 5.82 Å². The highest BCUT2D eigenvalue weighted by molar-refractivity contribution is 5.91. The lowest BCUT2D eigenvalue weighted by Crippen LogP contribution is -2.28. The van der Waals surface area contributed by atoms with Crippen LogP contribution in [-0.4, -0.2) is 39.0 Å². The first-order valence-electron chi connectivity index (χ1n) is 9.68. The summed E-state index contributed by atoms with van der Waals surface area (Å²) in [5, 5.41) is 4.19. The fourth-order valence-electron chi connectivity index (χ4n) is 4.23. The maximum Gasteiger partial charge on any atom is 0.292 e. The number of hydrogen-bond acceptors (Lipinski definition) is 5. The highest BCUT2D eigenvalue weighted by atomic mass is 16.5. The van der Waals surface area contributed by atoms with Crippen molar-refractivity contribution in [2.24, 2.45) is 0 Å². The minimum absolute atomic E-state index is 0.0635.